The van der Waals surface area contributed by atoms with Crippen molar-refractivity contribution in [2.75, 3.05) is 0 Å². The molecule has 2 rings (SSSR count). The number of carboxylic acid groups (broad SMARTS) is 1. The second-order valence-electron chi connectivity index (χ2n) is 2.86. The van der Waals surface area contributed by atoms with Crippen molar-refractivity contribution in [3.8, 4) is 0 Å². The number of benzene rings is 1. The molecule has 0 amide bonds. The molecule has 0 aliphatic heterocycles. The van der Waals surface area contributed by atoms with Crippen LogP contribution in [0.25, 0.3) is 11.0 Å². The predicted octanol–water partition coefficient (Wildman–Crippen LogP) is 1.27. The Balaban J connectivity index is 2.72. The first-order chi connectivity index (χ1) is 6.18. The molecule has 4 heteroatoms. The van der Waals surface area contributed by atoms with Gasteiger partial charge in [0.25, 0.3) is 0 Å². The smallest absolute Gasteiger partial charge is 0.335 e. The van der Waals surface area contributed by atoms with E-state index in [0.29, 0.717) is 0 Å². The number of aryl methyl sites for hydroxylation is 1. The summed E-state index contributed by atoms with van der Waals surface area (Å²) in [5.41, 5.74) is 1.93. The van der Waals surface area contributed by atoms with Gasteiger partial charge in [-0.2, -0.15) is 0 Å². The molecular formula is C9H8N2O2. The van der Waals surface area contributed by atoms with Crippen molar-refractivity contribution in [1.82, 2.24) is 9.55 Å². The molecule has 66 valence electrons. The lowest BCUT2D eigenvalue weighted by Gasteiger charge is -1.96. The summed E-state index contributed by atoms with van der Waals surface area (Å²) < 4.78 is 1.79. The molecule has 1 N–H and O–H groups in total. The van der Waals surface area contributed by atoms with Crippen molar-refractivity contribution in [3.05, 3.63) is 30.1 Å². The van der Waals surface area contributed by atoms with Gasteiger partial charge in [0.1, 0.15) is 0 Å². The van der Waals surface area contributed by atoms with Crippen LogP contribution in [-0.4, -0.2) is 20.6 Å². The number of carboxylic acids is 1. The average Bonchev–Trinajstić information content (AvgIpc) is 2.47. The summed E-state index contributed by atoms with van der Waals surface area (Å²) in [7, 11) is 1.83. The fourth-order valence-corrected chi connectivity index (χ4v) is 1.26. The first-order valence-electron chi connectivity index (χ1n) is 3.83. The van der Waals surface area contributed by atoms with Crippen molar-refractivity contribution < 1.29 is 9.90 Å². The van der Waals surface area contributed by atoms with Crippen LogP contribution in [-0.2, 0) is 7.05 Å². The molecular weight excluding hydrogens is 168 g/mol. The normalized spacial score (nSPS) is 10.5. The monoisotopic (exact) mass is 176 g/mol. The van der Waals surface area contributed by atoms with E-state index in [2.05, 4.69) is 4.98 Å². The van der Waals surface area contributed by atoms with Crippen molar-refractivity contribution in [3.63, 3.8) is 0 Å². The lowest BCUT2D eigenvalue weighted by atomic mass is 10.2. The van der Waals surface area contributed by atoms with E-state index in [0.717, 1.165) is 11.0 Å². The number of aromatic nitrogens is 2. The van der Waals surface area contributed by atoms with Crippen LogP contribution in [0, 0.1) is 0 Å². The Labute approximate surface area is 74.4 Å². The molecule has 0 spiro atoms. The Kier molecular flexibility index (Phi) is 1.55. The van der Waals surface area contributed by atoms with E-state index in [1.807, 2.05) is 7.05 Å². The highest BCUT2D eigenvalue weighted by molar-refractivity contribution is 5.92. The Hall–Kier alpha value is -1.84. The number of fused-ring (bicyclic) bond motifs is 1. The zero-order valence-electron chi connectivity index (χ0n) is 7.06. The molecule has 0 bridgehead atoms. The third-order valence-corrected chi connectivity index (χ3v) is 1.97. The van der Waals surface area contributed by atoms with Gasteiger partial charge in [-0.05, 0) is 18.2 Å². The molecule has 2 aromatic rings. The molecule has 1 heterocycles. The van der Waals surface area contributed by atoms with Crippen LogP contribution >= 0.6 is 0 Å². The second kappa shape index (κ2) is 2.58. The zero-order chi connectivity index (χ0) is 9.42. The molecule has 0 saturated heterocycles. The maximum Gasteiger partial charge on any atom is 0.335 e. The van der Waals surface area contributed by atoms with Gasteiger partial charge >= 0.3 is 5.97 Å². The predicted molar refractivity (Wildman–Crippen MR) is 47.7 cm³/mol. The molecule has 0 radical (unpaired) electrons. The van der Waals surface area contributed by atoms with E-state index in [9.17, 15) is 4.79 Å². The molecule has 0 unspecified atom stereocenters. The number of aromatic carboxylic acids is 1. The highest BCUT2D eigenvalue weighted by Gasteiger charge is 2.05. The number of carbonyl (C=O) groups is 1. The maximum atomic E-state index is 10.6. The van der Waals surface area contributed by atoms with Crippen LogP contribution in [0.4, 0.5) is 0 Å². The van der Waals surface area contributed by atoms with Gasteiger partial charge in [-0.1, -0.05) is 0 Å². The molecule has 1 aromatic heterocycles. The van der Waals surface area contributed by atoms with E-state index in [1.165, 1.54) is 0 Å². The SMILES string of the molecule is Cn1cnc2ccc(C(=O)O)cc21. The summed E-state index contributed by atoms with van der Waals surface area (Å²) in [5, 5.41) is 8.74. The number of hydrogen-bond donors (Lipinski definition) is 1. The molecule has 0 atom stereocenters. The summed E-state index contributed by atoms with van der Waals surface area (Å²) in [6, 6.07) is 4.88. The standard InChI is InChI=1S/C9H8N2O2/c1-11-5-10-7-3-2-6(9(12)13)4-8(7)11/h2-5H,1H3,(H,12,13). The van der Waals surface area contributed by atoms with Gasteiger partial charge in [-0.3, -0.25) is 0 Å². The van der Waals surface area contributed by atoms with Crippen molar-refractivity contribution in [2.24, 2.45) is 7.05 Å². The van der Waals surface area contributed by atoms with Gasteiger partial charge in [0.2, 0.25) is 0 Å². The topological polar surface area (TPSA) is 55.1 Å². The second-order valence-corrected chi connectivity index (χ2v) is 2.86. The summed E-state index contributed by atoms with van der Waals surface area (Å²) in [6.45, 7) is 0. The minimum absolute atomic E-state index is 0.288. The molecule has 13 heavy (non-hydrogen) atoms. The van der Waals surface area contributed by atoms with Crippen molar-refractivity contribution in [1.29, 1.82) is 0 Å². The first kappa shape index (κ1) is 7.79. The quantitative estimate of drug-likeness (QED) is 0.711. The van der Waals surface area contributed by atoms with Crippen LogP contribution in [0.5, 0.6) is 0 Å². The Bertz CT molecular complexity index is 473. The van der Waals surface area contributed by atoms with E-state index in [1.54, 1.807) is 29.1 Å². The zero-order valence-corrected chi connectivity index (χ0v) is 7.06. The number of imidazole rings is 1. The minimum Gasteiger partial charge on any atom is -0.478 e. The highest BCUT2D eigenvalue weighted by atomic mass is 16.4. The minimum atomic E-state index is -0.914. The average molecular weight is 176 g/mol. The maximum absolute atomic E-state index is 10.6. The summed E-state index contributed by atoms with van der Waals surface area (Å²) in [6.07, 6.45) is 1.66. The largest absolute Gasteiger partial charge is 0.478 e. The van der Waals surface area contributed by atoms with Crippen LogP contribution in [0.15, 0.2) is 24.5 Å². The molecule has 0 aliphatic carbocycles. The van der Waals surface area contributed by atoms with E-state index in [4.69, 9.17) is 5.11 Å². The van der Waals surface area contributed by atoms with Gasteiger partial charge in [0, 0.05) is 7.05 Å². The number of hydrogen-bond acceptors (Lipinski definition) is 2. The van der Waals surface area contributed by atoms with Gasteiger partial charge in [-0.15, -0.1) is 0 Å². The lowest BCUT2D eigenvalue weighted by molar-refractivity contribution is 0.0697. The third kappa shape index (κ3) is 1.16. The van der Waals surface area contributed by atoms with Gasteiger partial charge in [0.05, 0.1) is 22.9 Å². The third-order valence-electron chi connectivity index (χ3n) is 1.97. The molecule has 1 aromatic carbocycles. The van der Waals surface area contributed by atoms with Gasteiger partial charge in [-0.25, -0.2) is 9.78 Å². The Morgan fingerprint density at radius 1 is 1.54 bits per heavy atom. The van der Waals surface area contributed by atoms with Gasteiger partial charge < -0.3 is 9.67 Å². The van der Waals surface area contributed by atoms with Crippen LogP contribution in [0.3, 0.4) is 0 Å². The van der Waals surface area contributed by atoms with E-state index < -0.39 is 5.97 Å². The van der Waals surface area contributed by atoms with E-state index >= 15 is 0 Å². The fourth-order valence-electron chi connectivity index (χ4n) is 1.26. The molecule has 0 saturated carbocycles. The van der Waals surface area contributed by atoms with Crippen molar-refractivity contribution in [2.45, 2.75) is 0 Å². The Morgan fingerprint density at radius 3 is 3.00 bits per heavy atom. The Morgan fingerprint density at radius 2 is 2.31 bits per heavy atom. The molecule has 0 fully saturated rings. The summed E-state index contributed by atoms with van der Waals surface area (Å²) in [4.78, 5) is 14.7. The molecule has 4 nitrogen and oxygen atoms in total. The van der Waals surface area contributed by atoms with Crippen LogP contribution in [0.1, 0.15) is 10.4 Å². The van der Waals surface area contributed by atoms with Crippen molar-refractivity contribution >= 4 is 17.0 Å². The first-order valence-corrected chi connectivity index (χ1v) is 3.83. The molecule has 0 aliphatic rings. The lowest BCUT2D eigenvalue weighted by Crippen LogP contribution is -1.96. The number of nitrogens with zero attached hydrogens (tertiary/aromatic N) is 2. The summed E-state index contributed by atoms with van der Waals surface area (Å²) in [5.74, 6) is -0.914. The number of rotatable bonds is 1. The van der Waals surface area contributed by atoms with Crippen LogP contribution in [0.2, 0.25) is 0 Å². The fraction of sp³-hybridized carbons (Fsp3) is 0.111. The summed E-state index contributed by atoms with van der Waals surface area (Å²) >= 11 is 0. The van der Waals surface area contributed by atoms with E-state index in [-0.39, 0.29) is 5.56 Å². The van der Waals surface area contributed by atoms with Crippen LogP contribution < -0.4 is 0 Å². The van der Waals surface area contributed by atoms with Gasteiger partial charge in [0.15, 0.2) is 0 Å². The highest BCUT2D eigenvalue weighted by Crippen LogP contribution is 2.13.